The van der Waals surface area contributed by atoms with Crippen LogP contribution in [0.2, 0.25) is 0 Å². The molecule has 3 heteroatoms. The molecule has 0 aliphatic carbocycles. The van der Waals surface area contributed by atoms with Gasteiger partial charge in [0.05, 0.1) is 12.7 Å². The number of likely N-dealkylation sites (tertiary alicyclic amines) is 1. The Kier molecular flexibility index (Phi) is 3.54. The van der Waals surface area contributed by atoms with Crippen LogP contribution in [-0.2, 0) is 4.74 Å². The van der Waals surface area contributed by atoms with Gasteiger partial charge >= 0.3 is 0 Å². The summed E-state index contributed by atoms with van der Waals surface area (Å²) in [5, 5.41) is 0. The van der Waals surface area contributed by atoms with Gasteiger partial charge in [0.2, 0.25) is 0 Å². The van der Waals surface area contributed by atoms with Gasteiger partial charge in [0.25, 0.3) is 0 Å². The minimum absolute atomic E-state index is 0.245. The van der Waals surface area contributed by atoms with Crippen LogP contribution in [-0.4, -0.2) is 42.3 Å². The zero-order chi connectivity index (χ0) is 12.7. The van der Waals surface area contributed by atoms with Crippen molar-refractivity contribution in [2.24, 2.45) is 11.1 Å². The summed E-state index contributed by atoms with van der Waals surface area (Å²) >= 11 is 0. The van der Waals surface area contributed by atoms with Crippen molar-refractivity contribution in [2.45, 2.75) is 64.6 Å². The molecule has 2 atom stereocenters. The maximum absolute atomic E-state index is 6.41. The van der Waals surface area contributed by atoms with Crippen molar-refractivity contribution in [3.63, 3.8) is 0 Å². The lowest BCUT2D eigenvalue weighted by molar-refractivity contribution is 0.0281. The lowest BCUT2D eigenvalue weighted by atomic mass is 9.72. The fourth-order valence-corrected chi connectivity index (χ4v) is 3.34. The summed E-state index contributed by atoms with van der Waals surface area (Å²) in [5.74, 6) is 0. The van der Waals surface area contributed by atoms with Crippen molar-refractivity contribution < 1.29 is 4.74 Å². The van der Waals surface area contributed by atoms with Crippen molar-refractivity contribution >= 4 is 0 Å². The van der Waals surface area contributed by atoms with Crippen molar-refractivity contribution in [3.8, 4) is 0 Å². The Bertz CT molecular complexity index is 264. The molecule has 0 aromatic rings. The van der Waals surface area contributed by atoms with E-state index in [1.54, 1.807) is 0 Å². The van der Waals surface area contributed by atoms with Gasteiger partial charge in [0.1, 0.15) is 0 Å². The third kappa shape index (κ3) is 2.38. The van der Waals surface area contributed by atoms with Crippen molar-refractivity contribution in [2.75, 3.05) is 19.7 Å². The highest BCUT2D eigenvalue weighted by Crippen LogP contribution is 2.42. The number of hydrogen-bond acceptors (Lipinski definition) is 3. The van der Waals surface area contributed by atoms with E-state index in [0.29, 0.717) is 0 Å². The number of rotatable bonds is 1. The molecule has 100 valence electrons. The molecular weight excluding hydrogens is 212 g/mol. The van der Waals surface area contributed by atoms with Crippen LogP contribution in [0, 0.1) is 5.41 Å². The highest BCUT2D eigenvalue weighted by Gasteiger charge is 2.49. The predicted molar refractivity (Wildman–Crippen MR) is 71.0 cm³/mol. The highest BCUT2D eigenvalue weighted by molar-refractivity contribution is 5.02. The summed E-state index contributed by atoms with van der Waals surface area (Å²) in [7, 11) is 0. The molecule has 0 unspecified atom stereocenters. The van der Waals surface area contributed by atoms with E-state index in [4.69, 9.17) is 10.5 Å². The van der Waals surface area contributed by atoms with E-state index in [9.17, 15) is 0 Å². The molecule has 2 N–H and O–H groups in total. The molecule has 0 aromatic carbocycles. The van der Waals surface area contributed by atoms with Crippen molar-refractivity contribution in [3.05, 3.63) is 0 Å². The molecule has 0 amide bonds. The van der Waals surface area contributed by atoms with Crippen molar-refractivity contribution in [1.82, 2.24) is 4.90 Å². The molecule has 2 rings (SSSR count). The van der Waals surface area contributed by atoms with Crippen LogP contribution in [0.25, 0.3) is 0 Å². The molecule has 3 nitrogen and oxygen atoms in total. The number of piperidine rings is 1. The molecule has 2 saturated heterocycles. The van der Waals surface area contributed by atoms with E-state index in [1.807, 2.05) is 0 Å². The molecule has 0 radical (unpaired) electrons. The third-order valence-corrected chi connectivity index (χ3v) is 4.80. The van der Waals surface area contributed by atoms with Gasteiger partial charge in [-0.3, -0.25) is 4.90 Å². The first-order valence-electron chi connectivity index (χ1n) is 7.01. The molecule has 2 heterocycles. The maximum atomic E-state index is 6.41. The van der Waals surface area contributed by atoms with E-state index in [0.717, 1.165) is 26.1 Å². The minimum Gasteiger partial charge on any atom is -0.376 e. The number of ether oxygens (including phenoxy) is 1. The monoisotopic (exact) mass is 240 g/mol. The zero-order valence-corrected chi connectivity index (χ0v) is 11.8. The second-order valence-corrected chi connectivity index (χ2v) is 6.80. The summed E-state index contributed by atoms with van der Waals surface area (Å²) in [6, 6.07) is 0.245. The lowest BCUT2D eigenvalue weighted by Gasteiger charge is -2.46. The van der Waals surface area contributed by atoms with Gasteiger partial charge in [-0.15, -0.1) is 0 Å². The molecule has 0 aromatic heterocycles. The Morgan fingerprint density at radius 1 is 1.29 bits per heavy atom. The maximum Gasteiger partial charge on any atom is 0.0729 e. The van der Waals surface area contributed by atoms with E-state index >= 15 is 0 Å². The van der Waals surface area contributed by atoms with Gasteiger partial charge in [-0.2, -0.15) is 0 Å². The molecule has 2 aliphatic rings. The Hall–Kier alpha value is -0.120. The van der Waals surface area contributed by atoms with Crippen LogP contribution < -0.4 is 5.73 Å². The summed E-state index contributed by atoms with van der Waals surface area (Å²) in [5.41, 5.74) is 6.96. The smallest absolute Gasteiger partial charge is 0.0729 e. The first kappa shape index (κ1) is 13.3. The Balaban J connectivity index is 1.99. The first-order chi connectivity index (χ1) is 7.89. The number of nitrogens with two attached hydrogens (primary N) is 1. The van der Waals surface area contributed by atoms with Gasteiger partial charge in [0, 0.05) is 17.0 Å². The first-order valence-corrected chi connectivity index (χ1v) is 7.01. The van der Waals surface area contributed by atoms with E-state index in [1.165, 1.54) is 12.8 Å². The van der Waals surface area contributed by atoms with Crippen molar-refractivity contribution in [1.29, 1.82) is 0 Å². The topological polar surface area (TPSA) is 38.5 Å². The molecule has 1 spiro atoms. The summed E-state index contributed by atoms with van der Waals surface area (Å²) < 4.78 is 5.89. The fraction of sp³-hybridized carbons (Fsp3) is 1.00. The normalized spacial score (nSPS) is 34.4. The SMILES string of the molecule is CC[C@@H]1OCC2(CCN(C(C)(C)C)CC2)[C@@H]1N. The van der Waals surface area contributed by atoms with Crippen LogP contribution in [0.4, 0.5) is 0 Å². The highest BCUT2D eigenvalue weighted by atomic mass is 16.5. The molecular formula is C14H28N2O. The summed E-state index contributed by atoms with van der Waals surface area (Å²) in [6.45, 7) is 12.3. The van der Waals surface area contributed by atoms with Gasteiger partial charge < -0.3 is 10.5 Å². The van der Waals surface area contributed by atoms with Crippen LogP contribution in [0.1, 0.15) is 47.0 Å². The second kappa shape index (κ2) is 4.52. The van der Waals surface area contributed by atoms with E-state index in [-0.39, 0.29) is 23.1 Å². The standard InChI is InChI=1S/C14H28N2O/c1-5-11-12(15)14(10-17-11)6-8-16(9-7-14)13(2,3)4/h11-12H,5-10,15H2,1-4H3/t11-,12+/m0/s1. The van der Waals surface area contributed by atoms with Gasteiger partial charge in [-0.25, -0.2) is 0 Å². The van der Waals surface area contributed by atoms with Crippen LogP contribution in [0.15, 0.2) is 0 Å². The summed E-state index contributed by atoms with van der Waals surface area (Å²) in [6.07, 6.45) is 3.73. The fourth-order valence-electron chi connectivity index (χ4n) is 3.34. The van der Waals surface area contributed by atoms with Crippen LogP contribution >= 0.6 is 0 Å². The molecule has 0 saturated carbocycles. The van der Waals surface area contributed by atoms with Gasteiger partial charge in [0.15, 0.2) is 0 Å². The average molecular weight is 240 g/mol. The molecule has 2 aliphatic heterocycles. The molecule has 0 bridgehead atoms. The lowest BCUT2D eigenvalue weighted by Crippen LogP contribution is -2.54. The van der Waals surface area contributed by atoms with E-state index in [2.05, 4.69) is 32.6 Å². The largest absolute Gasteiger partial charge is 0.376 e. The zero-order valence-electron chi connectivity index (χ0n) is 11.8. The summed E-state index contributed by atoms with van der Waals surface area (Å²) in [4.78, 5) is 2.57. The predicted octanol–water partition coefficient (Wildman–Crippen LogP) is 2.00. The average Bonchev–Trinajstić information content (AvgIpc) is 2.56. The minimum atomic E-state index is 0.245. The number of nitrogens with zero attached hydrogens (tertiary/aromatic N) is 1. The third-order valence-electron chi connectivity index (χ3n) is 4.80. The van der Waals surface area contributed by atoms with Crippen LogP contribution in [0.5, 0.6) is 0 Å². The van der Waals surface area contributed by atoms with E-state index < -0.39 is 0 Å². The second-order valence-electron chi connectivity index (χ2n) is 6.80. The van der Waals surface area contributed by atoms with Gasteiger partial charge in [-0.1, -0.05) is 6.92 Å². The van der Waals surface area contributed by atoms with Crippen LogP contribution in [0.3, 0.4) is 0 Å². The Morgan fingerprint density at radius 2 is 1.88 bits per heavy atom. The molecule has 17 heavy (non-hydrogen) atoms. The Labute approximate surface area is 106 Å². The molecule has 2 fully saturated rings. The number of hydrogen-bond donors (Lipinski definition) is 1. The quantitative estimate of drug-likeness (QED) is 0.762. The Morgan fingerprint density at radius 3 is 2.29 bits per heavy atom. The van der Waals surface area contributed by atoms with Gasteiger partial charge in [-0.05, 0) is 53.1 Å².